The van der Waals surface area contributed by atoms with Gasteiger partial charge in [-0.3, -0.25) is 4.79 Å². The third kappa shape index (κ3) is 3.92. The quantitative estimate of drug-likeness (QED) is 0.750. The van der Waals surface area contributed by atoms with Gasteiger partial charge in [0.25, 0.3) is 0 Å². The number of hydrogen-bond donors (Lipinski definition) is 1. The van der Waals surface area contributed by atoms with Gasteiger partial charge in [0.15, 0.2) is 0 Å². The number of nitrogens with one attached hydrogen (secondary N) is 1. The molecule has 0 aliphatic heterocycles. The minimum absolute atomic E-state index is 0.0422. The van der Waals surface area contributed by atoms with E-state index in [-0.39, 0.29) is 15.8 Å². The van der Waals surface area contributed by atoms with E-state index in [4.69, 9.17) is 11.6 Å². The van der Waals surface area contributed by atoms with Crippen molar-refractivity contribution < 1.29 is 13.2 Å². The number of nitrogens with zero attached hydrogens (tertiary/aromatic N) is 1. The molecular weight excluding hydrogens is 372 g/mol. The van der Waals surface area contributed by atoms with Crippen LogP contribution in [0.4, 0.5) is 5.69 Å². The molecule has 3 atom stereocenters. The molecule has 3 unspecified atom stereocenters. The molecule has 2 bridgehead atoms. The highest BCUT2D eigenvalue weighted by Crippen LogP contribution is 2.49. The third-order valence-corrected chi connectivity index (χ3v) is 8.40. The number of rotatable bonds is 7. The zero-order chi connectivity index (χ0) is 18.9. The highest BCUT2D eigenvalue weighted by Gasteiger charge is 2.40. The monoisotopic (exact) mass is 398 g/mol. The van der Waals surface area contributed by atoms with Gasteiger partial charge in [0, 0.05) is 25.2 Å². The number of hydrogen-bond acceptors (Lipinski definition) is 3. The summed E-state index contributed by atoms with van der Waals surface area (Å²) in [7, 11) is -3.67. The second-order valence-corrected chi connectivity index (χ2v) is 9.74. The molecule has 2 saturated carbocycles. The molecule has 1 aromatic carbocycles. The van der Waals surface area contributed by atoms with E-state index in [1.165, 1.54) is 35.7 Å². The normalized spacial score (nSPS) is 25.0. The number of halogens is 1. The summed E-state index contributed by atoms with van der Waals surface area (Å²) in [6.45, 7) is 4.32. The molecule has 2 aliphatic rings. The largest absolute Gasteiger partial charge is 0.326 e. The maximum atomic E-state index is 12.7. The molecule has 1 amide bonds. The van der Waals surface area contributed by atoms with Gasteiger partial charge in [-0.1, -0.05) is 31.9 Å². The van der Waals surface area contributed by atoms with Gasteiger partial charge >= 0.3 is 0 Å². The Morgan fingerprint density at radius 3 is 2.54 bits per heavy atom. The Bertz CT molecular complexity index is 777. The Kier molecular flexibility index (Phi) is 5.94. The predicted molar refractivity (Wildman–Crippen MR) is 104 cm³/mol. The molecule has 0 heterocycles. The maximum Gasteiger partial charge on any atom is 0.244 e. The molecule has 1 N–H and O–H groups in total. The fourth-order valence-corrected chi connectivity index (χ4v) is 6.52. The van der Waals surface area contributed by atoms with Crippen molar-refractivity contribution in [3.05, 3.63) is 23.2 Å². The number of benzene rings is 1. The summed E-state index contributed by atoms with van der Waals surface area (Å²) in [4.78, 5) is 12.5. The van der Waals surface area contributed by atoms with Crippen LogP contribution >= 0.6 is 11.6 Å². The van der Waals surface area contributed by atoms with E-state index in [2.05, 4.69) is 5.32 Å². The van der Waals surface area contributed by atoms with Gasteiger partial charge in [-0.25, -0.2) is 8.42 Å². The Morgan fingerprint density at radius 1 is 1.23 bits per heavy atom. The van der Waals surface area contributed by atoms with Crippen LogP contribution in [0, 0.1) is 17.8 Å². The molecule has 0 saturated heterocycles. The SMILES string of the molecule is CCN(CC)S(=O)(=O)c1cc(NC(=O)CC2CC3CCC2C3)ccc1Cl. The minimum atomic E-state index is -3.67. The van der Waals surface area contributed by atoms with E-state index < -0.39 is 10.0 Å². The van der Waals surface area contributed by atoms with Gasteiger partial charge in [-0.2, -0.15) is 4.31 Å². The molecule has 2 fully saturated rings. The van der Waals surface area contributed by atoms with Gasteiger partial charge in [0.05, 0.1) is 5.02 Å². The van der Waals surface area contributed by atoms with Crippen LogP contribution in [0.1, 0.15) is 46.0 Å². The van der Waals surface area contributed by atoms with Crippen molar-refractivity contribution in [3.8, 4) is 0 Å². The van der Waals surface area contributed by atoms with Crippen LogP contribution in [0.5, 0.6) is 0 Å². The lowest BCUT2D eigenvalue weighted by molar-refractivity contribution is -0.117. The van der Waals surface area contributed by atoms with Crippen molar-refractivity contribution in [2.24, 2.45) is 17.8 Å². The highest BCUT2D eigenvalue weighted by molar-refractivity contribution is 7.89. The number of carbonyl (C=O) groups is 1. The second-order valence-electron chi connectivity index (χ2n) is 7.42. The Morgan fingerprint density at radius 2 is 1.96 bits per heavy atom. The molecule has 5 nitrogen and oxygen atoms in total. The van der Waals surface area contributed by atoms with Gasteiger partial charge in [0.1, 0.15) is 4.90 Å². The first kappa shape index (κ1) is 19.6. The van der Waals surface area contributed by atoms with Gasteiger partial charge in [0.2, 0.25) is 15.9 Å². The molecule has 2 aliphatic carbocycles. The standard InChI is InChI=1S/C19H27ClN2O3S/c1-3-22(4-2)26(24,25)18-12-16(7-8-17(18)20)21-19(23)11-15-10-13-5-6-14(15)9-13/h7-8,12-15H,3-6,9-11H2,1-2H3,(H,21,23). The summed E-state index contributed by atoms with van der Waals surface area (Å²) in [6, 6.07) is 4.65. The molecule has 3 rings (SSSR count). The average molecular weight is 399 g/mol. The van der Waals surface area contributed by atoms with E-state index in [1.807, 2.05) is 0 Å². The van der Waals surface area contributed by atoms with Crippen LogP contribution in [0.3, 0.4) is 0 Å². The first-order chi connectivity index (χ1) is 12.3. The van der Waals surface area contributed by atoms with E-state index in [0.29, 0.717) is 37.0 Å². The fraction of sp³-hybridized carbons (Fsp3) is 0.632. The van der Waals surface area contributed by atoms with Crippen molar-refractivity contribution >= 4 is 33.2 Å². The van der Waals surface area contributed by atoms with Gasteiger partial charge < -0.3 is 5.32 Å². The van der Waals surface area contributed by atoms with Crippen molar-refractivity contribution in [1.29, 1.82) is 0 Å². The summed E-state index contributed by atoms with van der Waals surface area (Å²) in [5.41, 5.74) is 0.480. The van der Waals surface area contributed by atoms with Crippen LogP contribution in [-0.4, -0.2) is 31.7 Å². The predicted octanol–water partition coefficient (Wildman–Crippen LogP) is 4.14. The van der Waals surface area contributed by atoms with Crippen LogP contribution in [0.15, 0.2) is 23.1 Å². The smallest absolute Gasteiger partial charge is 0.244 e. The first-order valence-corrected chi connectivity index (χ1v) is 11.3. The lowest BCUT2D eigenvalue weighted by Crippen LogP contribution is -2.31. The fourth-order valence-electron chi connectivity index (χ4n) is 4.56. The second kappa shape index (κ2) is 7.87. The van der Waals surface area contributed by atoms with E-state index in [0.717, 1.165) is 12.3 Å². The van der Waals surface area contributed by atoms with Crippen LogP contribution < -0.4 is 5.32 Å². The molecular formula is C19H27ClN2O3S. The molecule has 1 aromatic rings. The zero-order valence-electron chi connectivity index (χ0n) is 15.4. The highest BCUT2D eigenvalue weighted by atomic mass is 35.5. The maximum absolute atomic E-state index is 12.7. The lowest BCUT2D eigenvalue weighted by Gasteiger charge is -2.21. The summed E-state index contributed by atoms with van der Waals surface area (Å²) >= 11 is 6.14. The number of sulfonamides is 1. The van der Waals surface area contributed by atoms with Crippen LogP contribution in [0.25, 0.3) is 0 Å². The number of amides is 1. The van der Waals surface area contributed by atoms with Gasteiger partial charge in [-0.05, 0) is 55.2 Å². The Labute approximate surface area is 161 Å². The summed E-state index contributed by atoms with van der Waals surface area (Å²) in [6.07, 6.45) is 5.50. The van der Waals surface area contributed by atoms with Crippen LogP contribution in [-0.2, 0) is 14.8 Å². The van der Waals surface area contributed by atoms with Crippen molar-refractivity contribution in [2.45, 2.75) is 50.8 Å². The topological polar surface area (TPSA) is 66.5 Å². The zero-order valence-corrected chi connectivity index (χ0v) is 16.9. The first-order valence-electron chi connectivity index (χ1n) is 9.44. The molecule has 0 radical (unpaired) electrons. The van der Waals surface area contributed by atoms with E-state index >= 15 is 0 Å². The van der Waals surface area contributed by atoms with Crippen molar-refractivity contribution in [3.63, 3.8) is 0 Å². The summed E-state index contributed by atoms with van der Waals surface area (Å²) in [5, 5.41) is 3.03. The minimum Gasteiger partial charge on any atom is -0.326 e. The molecule has 144 valence electrons. The number of anilines is 1. The average Bonchev–Trinajstić information content (AvgIpc) is 3.20. The van der Waals surface area contributed by atoms with E-state index in [1.54, 1.807) is 19.9 Å². The number of fused-ring (bicyclic) bond motifs is 2. The lowest BCUT2D eigenvalue weighted by atomic mass is 9.86. The Balaban J connectivity index is 1.72. The van der Waals surface area contributed by atoms with Crippen molar-refractivity contribution in [1.82, 2.24) is 4.31 Å². The summed E-state index contributed by atoms with van der Waals surface area (Å²) in [5.74, 6) is 1.92. The van der Waals surface area contributed by atoms with Crippen LogP contribution in [0.2, 0.25) is 5.02 Å². The van der Waals surface area contributed by atoms with E-state index in [9.17, 15) is 13.2 Å². The van der Waals surface area contributed by atoms with Crippen molar-refractivity contribution in [2.75, 3.05) is 18.4 Å². The molecule has 26 heavy (non-hydrogen) atoms. The van der Waals surface area contributed by atoms with Gasteiger partial charge in [-0.15, -0.1) is 0 Å². The molecule has 0 aromatic heterocycles. The Hall–Kier alpha value is -1.11. The molecule has 0 spiro atoms. The summed E-state index contributed by atoms with van der Waals surface area (Å²) < 4.78 is 26.9. The third-order valence-electron chi connectivity index (χ3n) is 5.87. The number of carbonyl (C=O) groups excluding carboxylic acids is 1. The molecule has 7 heteroatoms.